The van der Waals surface area contributed by atoms with Gasteiger partial charge in [0.15, 0.2) is 0 Å². The second-order valence-corrected chi connectivity index (χ2v) is 15.3. The van der Waals surface area contributed by atoms with E-state index in [1.54, 1.807) is 36.4 Å². The summed E-state index contributed by atoms with van der Waals surface area (Å²) in [6.45, 7) is 4.63. The minimum absolute atomic E-state index is 0.141. The third-order valence-electron chi connectivity index (χ3n) is 8.61. The standard InChI is InChI=1S/C39H48N8O4S2/c1-27(2)37-43-33(24-52-37)22-47(4)38(49)45-35(19-32-21-46(3)25-41-32)36(48)42-30(17-28-11-7-5-8-12-28)15-16-31(18-29-13-9-6-10-14-29)44-39(50)51-23-34-20-40-26-53-34/h5-14,20-21,24-27,30-31,35H,15-19,22-23H2,1-4H3,(H,42,48)(H,44,50)(H,45,49). The first-order valence-electron chi connectivity index (χ1n) is 17.7. The number of thiazole rings is 2. The van der Waals surface area contributed by atoms with Gasteiger partial charge >= 0.3 is 12.1 Å². The van der Waals surface area contributed by atoms with E-state index in [4.69, 9.17) is 4.74 Å². The highest BCUT2D eigenvalue weighted by Gasteiger charge is 2.27. The molecule has 4 amide bonds. The summed E-state index contributed by atoms with van der Waals surface area (Å²) in [5.74, 6) is -0.0128. The summed E-state index contributed by atoms with van der Waals surface area (Å²) in [6, 6.07) is 18.1. The summed E-state index contributed by atoms with van der Waals surface area (Å²) in [7, 11) is 3.56. The van der Waals surface area contributed by atoms with Crippen LogP contribution in [0.5, 0.6) is 0 Å². The number of alkyl carbamates (subject to hydrolysis) is 1. The smallest absolute Gasteiger partial charge is 0.407 e. The molecule has 280 valence electrons. The largest absolute Gasteiger partial charge is 0.444 e. The minimum Gasteiger partial charge on any atom is -0.444 e. The summed E-state index contributed by atoms with van der Waals surface area (Å²) in [5.41, 5.74) is 5.31. The number of rotatable bonds is 18. The zero-order chi connectivity index (χ0) is 37.6. The van der Waals surface area contributed by atoms with Crippen LogP contribution in [0.25, 0.3) is 0 Å². The number of ether oxygens (including phenoxy) is 1. The van der Waals surface area contributed by atoms with Crippen LogP contribution in [0.3, 0.4) is 0 Å². The Morgan fingerprint density at radius 2 is 1.53 bits per heavy atom. The molecule has 5 rings (SSSR count). The number of benzene rings is 2. The first kappa shape index (κ1) is 39.1. The number of hydrogen-bond donors (Lipinski definition) is 3. The maximum absolute atomic E-state index is 14.2. The van der Waals surface area contributed by atoms with Crippen LogP contribution in [0, 0.1) is 0 Å². The second kappa shape index (κ2) is 19.7. The van der Waals surface area contributed by atoms with Crippen molar-refractivity contribution in [3.8, 4) is 0 Å². The zero-order valence-electron chi connectivity index (χ0n) is 30.6. The lowest BCUT2D eigenvalue weighted by Gasteiger charge is -2.27. The Balaban J connectivity index is 1.30. The molecular formula is C39H48N8O4S2. The normalized spacial score (nSPS) is 12.8. The lowest BCUT2D eigenvalue weighted by atomic mass is 9.95. The van der Waals surface area contributed by atoms with Gasteiger partial charge in [0.05, 0.1) is 39.7 Å². The van der Waals surface area contributed by atoms with Crippen molar-refractivity contribution >= 4 is 40.7 Å². The van der Waals surface area contributed by atoms with Gasteiger partial charge in [0.1, 0.15) is 12.6 Å². The Hall–Kier alpha value is -5.08. The average Bonchev–Trinajstić information content (AvgIpc) is 3.93. The molecule has 3 heterocycles. The van der Waals surface area contributed by atoms with Gasteiger partial charge in [-0.2, -0.15) is 0 Å². The molecule has 0 saturated carbocycles. The van der Waals surface area contributed by atoms with E-state index in [0.717, 1.165) is 26.7 Å². The number of aryl methyl sites for hydroxylation is 1. The maximum atomic E-state index is 14.2. The number of urea groups is 1. The number of hydrogen-bond acceptors (Lipinski definition) is 9. The van der Waals surface area contributed by atoms with Crippen LogP contribution < -0.4 is 16.0 Å². The zero-order valence-corrected chi connectivity index (χ0v) is 32.2. The molecule has 0 saturated heterocycles. The molecule has 0 aliphatic carbocycles. The van der Waals surface area contributed by atoms with Crippen molar-refractivity contribution < 1.29 is 19.1 Å². The first-order valence-corrected chi connectivity index (χ1v) is 19.5. The number of imidazole rings is 1. The van der Waals surface area contributed by atoms with Gasteiger partial charge in [-0.25, -0.2) is 19.6 Å². The van der Waals surface area contributed by atoms with Crippen molar-refractivity contribution in [2.24, 2.45) is 7.05 Å². The van der Waals surface area contributed by atoms with Gasteiger partial charge in [-0.05, 0) is 36.8 Å². The van der Waals surface area contributed by atoms with Crippen LogP contribution in [0.4, 0.5) is 9.59 Å². The number of nitrogens with one attached hydrogen (secondary N) is 3. The molecule has 14 heteroatoms. The third kappa shape index (κ3) is 12.8. The molecule has 0 aliphatic heterocycles. The van der Waals surface area contributed by atoms with E-state index in [-0.39, 0.29) is 37.0 Å². The quantitative estimate of drug-likeness (QED) is 0.0959. The van der Waals surface area contributed by atoms with Gasteiger partial charge in [0.2, 0.25) is 5.91 Å². The maximum Gasteiger partial charge on any atom is 0.407 e. The van der Waals surface area contributed by atoms with E-state index in [1.807, 2.05) is 83.9 Å². The molecule has 5 aromatic rings. The molecule has 0 bridgehead atoms. The Kier molecular flexibility index (Phi) is 14.5. The van der Waals surface area contributed by atoms with E-state index in [0.29, 0.717) is 43.8 Å². The second-order valence-electron chi connectivity index (χ2n) is 13.5. The van der Waals surface area contributed by atoms with Crippen molar-refractivity contribution in [1.82, 2.24) is 40.4 Å². The van der Waals surface area contributed by atoms with Crippen LogP contribution >= 0.6 is 22.7 Å². The molecule has 3 atom stereocenters. The Morgan fingerprint density at radius 1 is 0.868 bits per heavy atom. The van der Waals surface area contributed by atoms with E-state index >= 15 is 0 Å². The number of carbonyl (C=O) groups is 3. The molecule has 3 aromatic heterocycles. The number of amides is 4. The van der Waals surface area contributed by atoms with Crippen LogP contribution in [0.2, 0.25) is 0 Å². The highest BCUT2D eigenvalue weighted by molar-refractivity contribution is 7.09. The van der Waals surface area contributed by atoms with Gasteiger partial charge < -0.3 is 30.2 Å². The Morgan fingerprint density at radius 3 is 2.09 bits per heavy atom. The molecule has 12 nitrogen and oxygen atoms in total. The van der Waals surface area contributed by atoms with Crippen molar-refractivity contribution in [3.63, 3.8) is 0 Å². The number of aromatic nitrogens is 4. The van der Waals surface area contributed by atoms with Crippen LogP contribution in [-0.4, -0.2) is 67.6 Å². The Bertz CT molecular complexity index is 1860. The fourth-order valence-corrected chi connectivity index (χ4v) is 7.17. The molecule has 3 N–H and O–H groups in total. The minimum atomic E-state index is -0.889. The molecule has 53 heavy (non-hydrogen) atoms. The van der Waals surface area contributed by atoms with Gasteiger partial charge in [0.25, 0.3) is 0 Å². The van der Waals surface area contributed by atoms with Gasteiger partial charge in [0, 0.05) is 56.3 Å². The molecule has 0 fully saturated rings. The molecule has 0 spiro atoms. The topological polar surface area (TPSA) is 143 Å². The van der Waals surface area contributed by atoms with Crippen molar-refractivity contribution in [2.45, 2.75) is 83.1 Å². The molecule has 0 aliphatic rings. The highest BCUT2D eigenvalue weighted by atomic mass is 32.1. The van der Waals surface area contributed by atoms with E-state index in [1.165, 1.54) is 16.2 Å². The number of nitrogens with zero attached hydrogens (tertiary/aromatic N) is 5. The van der Waals surface area contributed by atoms with Crippen LogP contribution in [-0.2, 0) is 49.0 Å². The fraction of sp³-hybridized carbons (Fsp3) is 0.385. The summed E-state index contributed by atoms with van der Waals surface area (Å²) < 4.78 is 7.32. The molecule has 0 radical (unpaired) electrons. The third-order valence-corrected chi connectivity index (χ3v) is 10.6. The first-order chi connectivity index (χ1) is 25.6. The SMILES string of the molecule is CC(C)c1nc(CN(C)C(=O)NC(Cc2cn(C)cn2)C(=O)NC(CCC(Cc2ccccc2)NC(=O)OCc2cncs2)Cc2ccccc2)cs1. The predicted octanol–water partition coefficient (Wildman–Crippen LogP) is 6.25. The summed E-state index contributed by atoms with van der Waals surface area (Å²) in [6.07, 6.45) is 7.17. The van der Waals surface area contributed by atoms with E-state index < -0.39 is 12.1 Å². The van der Waals surface area contributed by atoms with Crippen molar-refractivity contribution in [1.29, 1.82) is 0 Å². The Labute approximate surface area is 319 Å². The fourth-order valence-electron chi connectivity index (χ4n) is 5.84. The lowest BCUT2D eigenvalue weighted by Crippen LogP contribution is -2.53. The van der Waals surface area contributed by atoms with Crippen LogP contribution in [0.15, 0.2) is 90.3 Å². The molecular weight excluding hydrogens is 709 g/mol. The van der Waals surface area contributed by atoms with E-state index in [2.05, 4.69) is 44.7 Å². The van der Waals surface area contributed by atoms with Crippen LogP contribution in [0.1, 0.15) is 65.0 Å². The molecule has 3 unspecified atom stereocenters. The van der Waals surface area contributed by atoms with Gasteiger partial charge in [-0.1, -0.05) is 74.5 Å². The molecule has 2 aromatic carbocycles. The van der Waals surface area contributed by atoms with Crippen molar-refractivity contribution in [2.75, 3.05) is 7.05 Å². The summed E-state index contributed by atoms with van der Waals surface area (Å²) in [5, 5.41) is 12.3. The summed E-state index contributed by atoms with van der Waals surface area (Å²) in [4.78, 5) is 56.2. The predicted molar refractivity (Wildman–Crippen MR) is 208 cm³/mol. The summed E-state index contributed by atoms with van der Waals surface area (Å²) >= 11 is 3.00. The van der Waals surface area contributed by atoms with Crippen molar-refractivity contribution in [3.05, 3.63) is 123 Å². The number of carbonyl (C=O) groups excluding carboxylic acids is 3. The van der Waals surface area contributed by atoms with Gasteiger partial charge in [-0.3, -0.25) is 9.78 Å². The monoisotopic (exact) mass is 756 g/mol. The van der Waals surface area contributed by atoms with E-state index in [9.17, 15) is 14.4 Å². The lowest BCUT2D eigenvalue weighted by molar-refractivity contribution is -0.123. The van der Waals surface area contributed by atoms with Gasteiger partial charge in [-0.15, -0.1) is 22.7 Å². The average molecular weight is 757 g/mol. The highest BCUT2D eigenvalue weighted by Crippen LogP contribution is 2.20.